The highest BCUT2D eigenvalue weighted by atomic mass is 19.1. The normalized spacial score (nSPS) is 11.9. The van der Waals surface area contributed by atoms with E-state index in [4.69, 9.17) is 11.5 Å². The average Bonchev–Trinajstić information content (AvgIpc) is 2.54. The summed E-state index contributed by atoms with van der Waals surface area (Å²) in [7, 11) is 0. The number of aromatic nitrogens is 2. The Hall–Kier alpha value is -2.11. The number of primary amides is 1. The molecule has 0 atom stereocenters. The number of nitrogen functional groups attached to an aromatic ring is 1. The van der Waals surface area contributed by atoms with Crippen LogP contribution in [-0.2, 0) is 11.3 Å². The van der Waals surface area contributed by atoms with Crippen LogP contribution < -0.4 is 11.5 Å². The summed E-state index contributed by atoms with van der Waals surface area (Å²) in [4.78, 5) is 15.4. The first-order chi connectivity index (χ1) is 8.31. The van der Waals surface area contributed by atoms with Gasteiger partial charge in [-0.15, -0.1) is 0 Å². The molecule has 2 rings (SSSR count). The molecule has 1 heterocycles. The third-order valence-corrected chi connectivity index (χ3v) is 2.96. The number of hydrogen-bond acceptors (Lipinski definition) is 3. The van der Waals surface area contributed by atoms with E-state index < -0.39 is 11.3 Å². The van der Waals surface area contributed by atoms with Crippen molar-refractivity contribution >= 4 is 22.9 Å². The lowest BCUT2D eigenvalue weighted by molar-refractivity contribution is -0.126. The number of anilines is 1. The van der Waals surface area contributed by atoms with Gasteiger partial charge in [0.25, 0.3) is 0 Å². The largest absolute Gasteiger partial charge is 0.369 e. The summed E-state index contributed by atoms with van der Waals surface area (Å²) in [6, 6.07) is 4.22. The molecule has 2 aromatic rings. The molecule has 5 nitrogen and oxygen atoms in total. The predicted octanol–water partition coefficient (Wildman–Crippen LogP) is 1.27. The van der Waals surface area contributed by atoms with Crippen LogP contribution in [0.5, 0.6) is 0 Å². The predicted molar refractivity (Wildman–Crippen MR) is 67.1 cm³/mol. The van der Waals surface area contributed by atoms with Gasteiger partial charge in [0.15, 0.2) is 0 Å². The minimum absolute atomic E-state index is 0.241. The van der Waals surface area contributed by atoms with Crippen LogP contribution >= 0.6 is 0 Å². The van der Waals surface area contributed by atoms with Gasteiger partial charge in [-0.1, -0.05) is 0 Å². The lowest BCUT2D eigenvalue weighted by atomic mass is 9.92. The Balaban J connectivity index is 2.51. The van der Waals surface area contributed by atoms with Crippen LogP contribution in [0.4, 0.5) is 10.3 Å². The van der Waals surface area contributed by atoms with Gasteiger partial charge in [0, 0.05) is 12.6 Å². The van der Waals surface area contributed by atoms with Crippen molar-refractivity contribution in [3.63, 3.8) is 0 Å². The molecular formula is C12H15FN4O. The minimum atomic E-state index is -0.754. The van der Waals surface area contributed by atoms with Crippen molar-refractivity contribution in [2.45, 2.75) is 20.4 Å². The van der Waals surface area contributed by atoms with Gasteiger partial charge in [-0.05, 0) is 26.0 Å². The van der Waals surface area contributed by atoms with Gasteiger partial charge >= 0.3 is 0 Å². The van der Waals surface area contributed by atoms with Crippen LogP contribution in [0, 0.1) is 11.2 Å². The molecule has 6 heteroatoms. The van der Waals surface area contributed by atoms with Crippen molar-refractivity contribution in [1.82, 2.24) is 9.55 Å². The van der Waals surface area contributed by atoms with E-state index in [0.717, 1.165) is 0 Å². The maximum Gasteiger partial charge on any atom is 0.224 e. The van der Waals surface area contributed by atoms with Crippen LogP contribution in [0.1, 0.15) is 13.8 Å². The van der Waals surface area contributed by atoms with E-state index >= 15 is 0 Å². The minimum Gasteiger partial charge on any atom is -0.369 e. The molecule has 0 bridgehead atoms. The number of benzene rings is 1. The molecule has 96 valence electrons. The molecule has 0 aliphatic carbocycles. The molecule has 1 aromatic heterocycles. The fourth-order valence-electron chi connectivity index (χ4n) is 1.76. The number of imidazole rings is 1. The van der Waals surface area contributed by atoms with E-state index in [-0.39, 0.29) is 11.8 Å². The second-order valence-corrected chi connectivity index (χ2v) is 4.94. The number of carbonyl (C=O) groups is 1. The monoisotopic (exact) mass is 250 g/mol. The SMILES string of the molecule is CC(C)(Cn1c(N)nc2cc(F)ccc21)C(N)=O. The Morgan fingerprint density at radius 3 is 2.78 bits per heavy atom. The summed E-state index contributed by atoms with van der Waals surface area (Å²) in [5.74, 6) is -0.558. The number of amides is 1. The first kappa shape index (κ1) is 12.3. The van der Waals surface area contributed by atoms with Crippen molar-refractivity contribution in [3.8, 4) is 0 Å². The van der Waals surface area contributed by atoms with Crippen molar-refractivity contribution in [2.75, 3.05) is 5.73 Å². The fourth-order valence-corrected chi connectivity index (χ4v) is 1.76. The highest BCUT2D eigenvalue weighted by Gasteiger charge is 2.27. The lowest BCUT2D eigenvalue weighted by Gasteiger charge is -2.21. The number of carbonyl (C=O) groups excluding carboxylic acids is 1. The van der Waals surface area contributed by atoms with E-state index in [1.54, 1.807) is 24.5 Å². The standard InChI is InChI=1S/C12H15FN4O/c1-12(2,10(14)18)6-17-9-4-3-7(13)5-8(9)16-11(17)15/h3-5H,6H2,1-2H3,(H2,14,18)(H2,15,16). The van der Waals surface area contributed by atoms with Crippen LogP contribution in [-0.4, -0.2) is 15.5 Å². The molecule has 0 saturated heterocycles. The lowest BCUT2D eigenvalue weighted by Crippen LogP contribution is -2.35. The molecule has 18 heavy (non-hydrogen) atoms. The third kappa shape index (κ3) is 2.01. The molecule has 0 aliphatic heterocycles. The Morgan fingerprint density at radius 1 is 1.50 bits per heavy atom. The zero-order valence-corrected chi connectivity index (χ0v) is 10.3. The van der Waals surface area contributed by atoms with Crippen LogP contribution in [0.3, 0.4) is 0 Å². The summed E-state index contributed by atoms with van der Waals surface area (Å²) in [6.07, 6.45) is 0. The number of rotatable bonds is 3. The van der Waals surface area contributed by atoms with Crippen LogP contribution in [0.2, 0.25) is 0 Å². The van der Waals surface area contributed by atoms with E-state index in [0.29, 0.717) is 17.6 Å². The summed E-state index contributed by atoms with van der Waals surface area (Å²) in [6.45, 7) is 3.75. The van der Waals surface area contributed by atoms with E-state index in [1.165, 1.54) is 12.1 Å². The van der Waals surface area contributed by atoms with Crippen molar-refractivity contribution < 1.29 is 9.18 Å². The molecule has 0 aliphatic rings. The molecule has 0 fully saturated rings. The zero-order valence-electron chi connectivity index (χ0n) is 10.3. The number of fused-ring (bicyclic) bond motifs is 1. The first-order valence-electron chi connectivity index (χ1n) is 5.52. The van der Waals surface area contributed by atoms with E-state index in [2.05, 4.69) is 4.98 Å². The maximum absolute atomic E-state index is 13.1. The Bertz CT molecular complexity index is 618. The van der Waals surface area contributed by atoms with Crippen molar-refractivity contribution in [3.05, 3.63) is 24.0 Å². The second-order valence-electron chi connectivity index (χ2n) is 4.94. The summed E-state index contributed by atoms with van der Waals surface area (Å²) >= 11 is 0. The molecule has 0 saturated carbocycles. The first-order valence-corrected chi connectivity index (χ1v) is 5.52. The van der Waals surface area contributed by atoms with Crippen molar-refractivity contribution in [1.29, 1.82) is 0 Å². The maximum atomic E-state index is 13.1. The van der Waals surface area contributed by atoms with Gasteiger partial charge in [0.1, 0.15) is 5.82 Å². The summed E-state index contributed by atoms with van der Waals surface area (Å²) in [5.41, 5.74) is 11.5. The Kier molecular flexibility index (Phi) is 2.73. The number of hydrogen-bond donors (Lipinski definition) is 2. The van der Waals surface area contributed by atoms with Gasteiger partial charge in [0.2, 0.25) is 11.9 Å². The van der Waals surface area contributed by atoms with Gasteiger partial charge in [-0.2, -0.15) is 0 Å². The van der Waals surface area contributed by atoms with E-state index in [9.17, 15) is 9.18 Å². The quantitative estimate of drug-likeness (QED) is 0.859. The second kappa shape index (κ2) is 3.97. The molecule has 0 radical (unpaired) electrons. The Labute approximate surface area is 104 Å². The summed E-state index contributed by atoms with van der Waals surface area (Å²) < 4.78 is 14.7. The highest BCUT2D eigenvalue weighted by Crippen LogP contribution is 2.25. The molecule has 0 unspecified atom stereocenters. The molecule has 0 spiro atoms. The number of nitrogens with zero attached hydrogens (tertiary/aromatic N) is 2. The Morgan fingerprint density at radius 2 is 2.17 bits per heavy atom. The molecule has 4 N–H and O–H groups in total. The van der Waals surface area contributed by atoms with Crippen molar-refractivity contribution in [2.24, 2.45) is 11.1 Å². The van der Waals surface area contributed by atoms with Gasteiger partial charge in [-0.3, -0.25) is 4.79 Å². The summed E-state index contributed by atoms with van der Waals surface area (Å²) in [5, 5.41) is 0. The van der Waals surface area contributed by atoms with Crippen LogP contribution in [0.25, 0.3) is 11.0 Å². The highest BCUT2D eigenvalue weighted by molar-refractivity contribution is 5.81. The third-order valence-electron chi connectivity index (χ3n) is 2.96. The average molecular weight is 250 g/mol. The fraction of sp³-hybridized carbons (Fsp3) is 0.333. The number of halogens is 1. The smallest absolute Gasteiger partial charge is 0.224 e. The van der Waals surface area contributed by atoms with Gasteiger partial charge in [-0.25, -0.2) is 9.37 Å². The molecule has 1 aromatic carbocycles. The molecule has 1 amide bonds. The van der Waals surface area contributed by atoms with Gasteiger partial charge in [0.05, 0.1) is 16.4 Å². The zero-order chi connectivity index (χ0) is 13.5. The molecular weight excluding hydrogens is 235 g/mol. The number of nitrogens with two attached hydrogens (primary N) is 2. The van der Waals surface area contributed by atoms with Gasteiger partial charge < -0.3 is 16.0 Å². The topological polar surface area (TPSA) is 86.9 Å². The van der Waals surface area contributed by atoms with Crippen LogP contribution in [0.15, 0.2) is 18.2 Å². The van der Waals surface area contributed by atoms with E-state index in [1.807, 2.05) is 0 Å².